The van der Waals surface area contributed by atoms with Gasteiger partial charge in [0.25, 0.3) is 0 Å². The number of imidazole rings is 1. The molecule has 2 rings (SSSR count). The summed E-state index contributed by atoms with van der Waals surface area (Å²) < 4.78 is 1.88. The van der Waals surface area contributed by atoms with Gasteiger partial charge in [0.05, 0.1) is 12.2 Å². The molecule has 0 aliphatic rings. The van der Waals surface area contributed by atoms with E-state index < -0.39 is 5.97 Å². The van der Waals surface area contributed by atoms with Crippen LogP contribution in [0.1, 0.15) is 27.4 Å². The molecule has 2 aromatic rings. The molecule has 0 fully saturated rings. The molecule has 2 heterocycles. The highest BCUT2D eigenvalue weighted by molar-refractivity contribution is 5.95. The van der Waals surface area contributed by atoms with Gasteiger partial charge >= 0.3 is 5.97 Å². The molecule has 0 aliphatic carbocycles. The zero-order valence-corrected chi connectivity index (χ0v) is 12.0. The Balaban J connectivity index is 2.39. The highest BCUT2D eigenvalue weighted by atomic mass is 16.4. The summed E-state index contributed by atoms with van der Waals surface area (Å²) in [5.41, 5.74) is 1.44. The van der Waals surface area contributed by atoms with Gasteiger partial charge < -0.3 is 14.6 Å². The van der Waals surface area contributed by atoms with E-state index >= 15 is 0 Å². The van der Waals surface area contributed by atoms with Crippen molar-refractivity contribution in [1.29, 1.82) is 0 Å². The number of aromatic carboxylic acids is 1. The fourth-order valence-electron chi connectivity index (χ4n) is 1.96. The molecule has 1 N–H and O–H groups in total. The smallest absolute Gasteiger partial charge is 0.339 e. The Morgan fingerprint density at radius 2 is 2.10 bits per heavy atom. The Kier molecular flexibility index (Phi) is 3.69. The van der Waals surface area contributed by atoms with Crippen LogP contribution >= 0.6 is 0 Å². The van der Waals surface area contributed by atoms with Gasteiger partial charge in [-0.05, 0) is 19.4 Å². The van der Waals surface area contributed by atoms with Gasteiger partial charge in [-0.15, -0.1) is 5.10 Å². The molecule has 2 aromatic heterocycles. The van der Waals surface area contributed by atoms with Crippen LogP contribution in [0.4, 0.5) is 5.82 Å². The van der Waals surface area contributed by atoms with Crippen LogP contribution in [-0.2, 0) is 13.6 Å². The molecule has 0 saturated heterocycles. The van der Waals surface area contributed by atoms with Crippen molar-refractivity contribution >= 4 is 11.8 Å². The second-order valence-electron chi connectivity index (χ2n) is 4.72. The second kappa shape index (κ2) is 5.28. The van der Waals surface area contributed by atoms with E-state index in [1.54, 1.807) is 32.0 Å². The predicted octanol–water partition coefficient (Wildman–Crippen LogP) is 1.16. The van der Waals surface area contributed by atoms with Crippen molar-refractivity contribution in [3.63, 3.8) is 0 Å². The van der Waals surface area contributed by atoms with Crippen LogP contribution in [0.5, 0.6) is 0 Å². The average molecular weight is 275 g/mol. The minimum absolute atomic E-state index is 0.189. The van der Waals surface area contributed by atoms with Crippen molar-refractivity contribution < 1.29 is 9.90 Å². The van der Waals surface area contributed by atoms with Crippen molar-refractivity contribution in [1.82, 2.24) is 19.7 Å². The lowest BCUT2D eigenvalue weighted by molar-refractivity contribution is 0.0696. The second-order valence-corrected chi connectivity index (χ2v) is 4.72. The monoisotopic (exact) mass is 275 g/mol. The van der Waals surface area contributed by atoms with Crippen LogP contribution in [0.25, 0.3) is 0 Å². The third-order valence-electron chi connectivity index (χ3n) is 3.31. The number of carbonyl (C=O) groups is 1. The predicted molar refractivity (Wildman–Crippen MR) is 73.8 cm³/mol. The first kappa shape index (κ1) is 14.0. The van der Waals surface area contributed by atoms with Gasteiger partial charge in [0.1, 0.15) is 11.4 Å². The van der Waals surface area contributed by atoms with Crippen LogP contribution < -0.4 is 4.90 Å². The molecule has 7 heteroatoms. The van der Waals surface area contributed by atoms with E-state index in [9.17, 15) is 9.90 Å². The molecule has 0 radical (unpaired) electrons. The summed E-state index contributed by atoms with van der Waals surface area (Å²) in [6.07, 6.45) is 3.54. The van der Waals surface area contributed by atoms with E-state index in [0.717, 1.165) is 5.82 Å². The van der Waals surface area contributed by atoms with Gasteiger partial charge in [0.15, 0.2) is 5.82 Å². The number of rotatable bonds is 4. The van der Waals surface area contributed by atoms with Crippen LogP contribution in [0, 0.1) is 13.8 Å². The number of carboxylic acid groups (broad SMARTS) is 1. The summed E-state index contributed by atoms with van der Waals surface area (Å²) in [4.78, 5) is 17.4. The lowest BCUT2D eigenvalue weighted by Crippen LogP contribution is -2.24. The van der Waals surface area contributed by atoms with E-state index in [1.807, 2.05) is 17.8 Å². The summed E-state index contributed by atoms with van der Waals surface area (Å²) in [7, 11) is 3.67. The Morgan fingerprint density at radius 3 is 2.65 bits per heavy atom. The van der Waals surface area contributed by atoms with Crippen molar-refractivity contribution in [3.05, 3.63) is 35.0 Å². The number of aromatic nitrogens is 4. The Labute approximate surface area is 116 Å². The van der Waals surface area contributed by atoms with Crippen LogP contribution in [0.2, 0.25) is 0 Å². The molecule has 0 unspecified atom stereocenters. The first-order chi connectivity index (χ1) is 9.41. The van der Waals surface area contributed by atoms with Gasteiger partial charge in [-0.2, -0.15) is 5.10 Å². The molecule has 20 heavy (non-hydrogen) atoms. The minimum Gasteiger partial charge on any atom is -0.478 e. The van der Waals surface area contributed by atoms with Crippen LogP contribution in [0.15, 0.2) is 12.4 Å². The first-order valence-corrected chi connectivity index (χ1v) is 6.16. The molecule has 7 nitrogen and oxygen atoms in total. The van der Waals surface area contributed by atoms with E-state index in [4.69, 9.17) is 0 Å². The maximum Gasteiger partial charge on any atom is 0.339 e. The summed E-state index contributed by atoms with van der Waals surface area (Å²) in [6, 6.07) is 0. The highest BCUT2D eigenvalue weighted by Crippen LogP contribution is 2.22. The van der Waals surface area contributed by atoms with Crippen LogP contribution in [0.3, 0.4) is 0 Å². The Bertz CT molecular complexity index is 650. The van der Waals surface area contributed by atoms with Crippen molar-refractivity contribution in [2.24, 2.45) is 7.05 Å². The molecule has 0 saturated carbocycles. The first-order valence-electron chi connectivity index (χ1n) is 6.16. The topological polar surface area (TPSA) is 84.1 Å². The Hall–Kier alpha value is -2.44. The van der Waals surface area contributed by atoms with Crippen molar-refractivity contribution in [2.45, 2.75) is 20.4 Å². The van der Waals surface area contributed by atoms with E-state index in [-0.39, 0.29) is 5.56 Å². The minimum atomic E-state index is -0.998. The number of carboxylic acids is 1. The van der Waals surface area contributed by atoms with Crippen molar-refractivity contribution in [2.75, 3.05) is 11.9 Å². The van der Waals surface area contributed by atoms with Crippen LogP contribution in [-0.4, -0.2) is 37.9 Å². The third-order valence-corrected chi connectivity index (χ3v) is 3.31. The number of hydrogen-bond acceptors (Lipinski definition) is 5. The third kappa shape index (κ3) is 2.47. The number of hydrogen-bond donors (Lipinski definition) is 1. The SMILES string of the molecule is Cc1nnc(N(C)Cc2nccn2C)c(C(=O)O)c1C. The lowest BCUT2D eigenvalue weighted by atomic mass is 10.1. The largest absolute Gasteiger partial charge is 0.478 e. The number of anilines is 1. The number of nitrogens with zero attached hydrogens (tertiary/aromatic N) is 5. The summed E-state index contributed by atoms with van der Waals surface area (Å²) in [5, 5.41) is 17.4. The molecule has 0 aromatic carbocycles. The molecule has 0 aliphatic heterocycles. The van der Waals surface area contributed by atoms with E-state index in [2.05, 4.69) is 15.2 Å². The van der Waals surface area contributed by atoms with E-state index in [1.165, 1.54) is 0 Å². The number of aryl methyl sites for hydroxylation is 2. The van der Waals surface area contributed by atoms with Crippen molar-refractivity contribution in [3.8, 4) is 0 Å². The maximum absolute atomic E-state index is 11.5. The highest BCUT2D eigenvalue weighted by Gasteiger charge is 2.21. The lowest BCUT2D eigenvalue weighted by Gasteiger charge is -2.20. The normalized spacial score (nSPS) is 10.6. The van der Waals surface area contributed by atoms with Gasteiger partial charge in [0.2, 0.25) is 0 Å². The fraction of sp³-hybridized carbons (Fsp3) is 0.385. The van der Waals surface area contributed by atoms with Gasteiger partial charge in [-0.3, -0.25) is 0 Å². The summed E-state index contributed by atoms with van der Waals surface area (Å²) >= 11 is 0. The Morgan fingerprint density at radius 1 is 1.40 bits per heavy atom. The van der Waals surface area contributed by atoms with Gasteiger partial charge in [0, 0.05) is 26.5 Å². The molecule has 0 amide bonds. The summed E-state index contributed by atoms with van der Waals surface area (Å²) in [5.74, 6) is 0.176. The van der Waals surface area contributed by atoms with Gasteiger partial charge in [-0.25, -0.2) is 9.78 Å². The average Bonchev–Trinajstić information content (AvgIpc) is 2.77. The van der Waals surface area contributed by atoms with E-state index in [0.29, 0.717) is 23.6 Å². The zero-order valence-electron chi connectivity index (χ0n) is 12.0. The maximum atomic E-state index is 11.5. The van der Waals surface area contributed by atoms with Gasteiger partial charge in [-0.1, -0.05) is 0 Å². The fourth-order valence-corrected chi connectivity index (χ4v) is 1.96. The molecular formula is C13H17N5O2. The summed E-state index contributed by atoms with van der Waals surface area (Å²) in [6.45, 7) is 3.95. The molecular weight excluding hydrogens is 258 g/mol. The standard InChI is InChI=1S/C13H17N5O2/c1-8-9(2)15-16-12(11(8)13(19)20)18(4)7-10-14-5-6-17(10)3/h5-6H,7H2,1-4H3,(H,19,20). The molecule has 0 atom stereocenters. The molecule has 106 valence electrons. The molecule has 0 bridgehead atoms. The quantitative estimate of drug-likeness (QED) is 0.901. The zero-order chi connectivity index (χ0) is 14.9. The molecule has 0 spiro atoms.